The molecule has 0 aliphatic heterocycles. The summed E-state index contributed by atoms with van der Waals surface area (Å²) in [5.41, 5.74) is 2.59. The van der Waals surface area contributed by atoms with Crippen LogP contribution in [0.5, 0.6) is 0 Å². The number of oxime groups is 1. The van der Waals surface area contributed by atoms with E-state index in [1.165, 1.54) is 0 Å². The van der Waals surface area contributed by atoms with Gasteiger partial charge in [-0.3, -0.25) is 0 Å². The van der Waals surface area contributed by atoms with Crippen LogP contribution in [0.15, 0.2) is 52.2 Å². The fourth-order valence-corrected chi connectivity index (χ4v) is 1.76. The van der Waals surface area contributed by atoms with Gasteiger partial charge < -0.3 is 10.2 Å². The minimum Gasteiger partial charge on any atom is -0.411 e. The second-order valence-electron chi connectivity index (χ2n) is 3.43. The number of nitrogens with one attached hydrogen (secondary N) is 1. The van der Waals surface area contributed by atoms with E-state index in [0.717, 1.165) is 15.7 Å². The SMILES string of the molecule is O/N=C(\Cc1ccc[nH]1)c1ccc(Br)cc1. The van der Waals surface area contributed by atoms with Crippen molar-refractivity contribution < 1.29 is 5.21 Å². The Bertz CT molecular complexity index is 474. The van der Waals surface area contributed by atoms with Crippen molar-refractivity contribution in [3.63, 3.8) is 0 Å². The van der Waals surface area contributed by atoms with Gasteiger partial charge in [0.2, 0.25) is 0 Å². The summed E-state index contributed by atoms with van der Waals surface area (Å²) in [4.78, 5) is 3.08. The Labute approximate surface area is 102 Å². The van der Waals surface area contributed by atoms with Crippen LogP contribution in [0.4, 0.5) is 0 Å². The van der Waals surface area contributed by atoms with E-state index in [4.69, 9.17) is 5.21 Å². The van der Waals surface area contributed by atoms with Crippen molar-refractivity contribution in [2.24, 2.45) is 5.16 Å². The summed E-state index contributed by atoms with van der Waals surface area (Å²) in [6.45, 7) is 0. The average molecular weight is 279 g/mol. The Morgan fingerprint density at radius 3 is 2.56 bits per heavy atom. The highest BCUT2D eigenvalue weighted by Crippen LogP contribution is 2.13. The van der Waals surface area contributed by atoms with Crippen molar-refractivity contribution in [3.8, 4) is 0 Å². The molecular weight excluding hydrogens is 268 g/mol. The standard InChI is InChI=1S/C12H11BrN2O/c13-10-5-3-9(4-6-10)12(15-16)8-11-2-1-7-14-11/h1-7,14,16H,8H2/b15-12+. The molecule has 1 aromatic heterocycles. The lowest BCUT2D eigenvalue weighted by atomic mass is 10.1. The summed E-state index contributed by atoms with van der Waals surface area (Å²) in [6, 6.07) is 11.6. The van der Waals surface area contributed by atoms with Gasteiger partial charge in [0.25, 0.3) is 0 Å². The molecule has 0 amide bonds. The third-order valence-corrected chi connectivity index (χ3v) is 2.85. The Morgan fingerprint density at radius 2 is 2.00 bits per heavy atom. The summed E-state index contributed by atoms with van der Waals surface area (Å²) >= 11 is 3.37. The molecule has 0 fully saturated rings. The van der Waals surface area contributed by atoms with Gasteiger partial charge in [-0.1, -0.05) is 33.2 Å². The maximum Gasteiger partial charge on any atom is 0.0926 e. The lowest BCUT2D eigenvalue weighted by Crippen LogP contribution is -2.05. The molecular formula is C12H11BrN2O. The summed E-state index contributed by atoms with van der Waals surface area (Å²) in [5, 5.41) is 12.4. The minimum absolute atomic E-state index is 0.588. The van der Waals surface area contributed by atoms with Gasteiger partial charge in [0.1, 0.15) is 0 Å². The molecule has 2 N–H and O–H groups in total. The summed E-state index contributed by atoms with van der Waals surface area (Å²) in [6.07, 6.45) is 2.44. The van der Waals surface area contributed by atoms with E-state index in [1.54, 1.807) is 0 Å². The van der Waals surface area contributed by atoms with Gasteiger partial charge in [-0.15, -0.1) is 0 Å². The van der Waals surface area contributed by atoms with Crippen LogP contribution in [-0.4, -0.2) is 15.9 Å². The van der Waals surface area contributed by atoms with E-state index in [1.807, 2.05) is 42.6 Å². The molecule has 1 aromatic carbocycles. The number of benzene rings is 1. The average Bonchev–Trinajstić information content (AvgIpc) is 2.80. The van der Waals surface area contributed by atoms with Crippen LogP contribution in [-0.2, 0) is 6.42 Å². The number of halogens is 1. The maximum absolute atomic E-state index is 9.01. The zero-order chi connectivity index (χ0) is 11.4. The van der Waals surface area contributed by atoms with Crippen LogP contribution < -0.4 is 0 Å². The molecule has 0 aliphatic carbocycles. The smallest absolute Gasteiger partial charge is 0.0926 e. The van der Waals surface area contributed by atoms with Crippen molar-refractivity contribution in [2.75, 3.05) is 0 Å². The van der Waals surface area contributed by atoms with Gasteiger partial charge >= 0.3 is 0 Å². The van der Waals surface area contributed by atoms with Crippen LogP contribution in [0.1, 0.15) is 11.3 Å². The largest absolute Gasteiger partial charge is 0.411 e. The van der Waals surface area contributed by atoms with Gasteiger partial charge in [-0.05, 0) is 29.8 Å². The molecule has 2 aromatic rings. The second-order valence-corrected chi connectivity index (χ2v) is 4.34. The van der Waals surface area contributed by atoms with Gasteiger partial charge in [-0.2, -0.15) is 0 Å². The van der Waals surface area contributed by atoms with Crippen LogP contribution in [0.2, 0.25) is 0 Å². The highest BCUT2D eigenvalue weighted by Gasteiger charge is 2.06. The van der Waals surface area contributed by atoms with E-state index in [2.05, 4.69) is 26.1 Å². The fourth-order valence-electron chi connectivity index (χ4n) is 1.50. The molecule has 2 rings (SSSR count). The van der Waals surface area contributed by atoms with E-state index < -0.39 is 0 Å². The summed E-state index contributed by atoms with van der Waals surface area (Å²) < 4.78 is 1.01. The molecule has 0 radical (unpaired) electrons. The van der Waals surface area contributed by atoms with E-state index in [-0.39, 0.29) is 0 Å². The molecule has 4 heteroatoms. The van der Waals surface area contributed by atoms with E-state index in [9.17, 15) is 0 Å². The number of rotatable bonds is 3. The zero-order valence-electron chi connectivity index (χ0n) is 8.52. The molecule has 0 atom stereocenters. The lowest BCUT2D eigenvalue weighted by Gasteiger charge is -2.03. The van der Waals surface area contributed by atoms with Crippen LogP contribution in [0, 0.1) is 0 Å². The van der Waals surface area contributed by atoms with Crippen molar-refractivity contribution in [1.29, 1.82) is 0 Å². The lowest BCUT2D eigenvalue weighted by molar-refractivity contribution is 0.318. The number of H-pyrrole nitrogens is 1. The molecule has 82 valence electrons. The Kier molecular flexibility index (Phi) is 3.41. The first kappa shape index (κ1) is 11.0. The highest BCUT2D eigenvalue weighted by molar-refractivity contribution is 9.10. The van der Waals surface area contributed by atoms with Gasteiger partial charge in [0, 0.05) is 22.8 Å². The van der Waals surface area contributed by atoms with E-state index in [0.29, 0.717) is 12.1 Å². The number of nitrogens with zero attached hydrogens (tertiary/aromatic N) is 1. The molecule has 0 saturated heterocycles. The predicted molar refractivity (Wildman–Crippen MR) is 67.0 cm³/mol. The minimum atomic E-state index is 0.588. The van der Waals surface area contributed by atoms with Gasteiger partial charge in [-0.25, -0.2) is 0 Å². The van der Waals surface area contributed by atoms with Gasteiger partial charge in [0.05, 0.1) is 5.71 Å². The van der Waals surface area contributed by atoms with Crippen molar-refractivity contribution in [2.45, 2.75) is 6.42 Å². The van der Waals surface area contributed by atoms with Gasteiger partial charge in [0.15, 0.2) is 0 Å². The summed E-state index contributed by atoms with van der Waals surface area (Å²) in [5.74, 6) is 0. The first-order valence-corrected chi connectivity index (χ1v) is 5.68. The highest BCUT2D eigenvalue weighted by atomic mass is 79.9. The maximum atomic E-state index is 9.01. The molecule has 16 heavy (non-hydrogen) atoms. The first-order chi connectivity index (χ1) is 7.79. The molecule has 1 heterocycles. The predicted octanol–water partition coefficient (Wildman–Crippen LogP) is 3.20. The van der Waals surface area contributed by atoms with Crippen molar-refractivity contribution >= 4 is 21.6 Å². The Balaban J connectivity index is 2.20. The number of aromatic nitrogens is 1. The molecule has 0 spiro atoms. The Morgan fingerprint density at radius 1 is 1.25 bits per heavy atom. The molecule has 0 bridgehead atoms. The quantitative estimate of drug-likeness (QED) is 0.506. The Hall–Kier alpha value is -1.55. The molecule has 0 aliphatic rings. The topological polar surface area (TPSA) is 48.4 Å². The number of aromatic amines is 1. The van der Waals surface area contributed by atoms with Crippen LogP contribution in [0.25, 0.3) is 0 Å². The zero-order valence-corrected chi connectivity index (χ0v) is 10.1. The number of hydrogen-bond acceptors (Lipinski definition) is 2. The molecule has 0 saturated carbocycles. The van der Waals surface area contributed by atoms with Crippen LogP contribution in [0.3, 0.4) is 0 Å². The fraction of sp³-hybridized carbons (Fsp3) is 0.0833. The monoisotopic (exact) mass is 278 g/mol. The first-order valence-electron chi connectivity index (χ1n) is 4.89. The second kappa shape index (κ2) is 4.99. The van der Waals surface area contributed by atoms with Crippen molar-refractivity contribution in [3.05, 3.63) is 58.3 Å². The van der Waals surface area contributed by atoms with E-state index >= 15 is 0 Å². The molecule has 3 nitrogen and oxygen atoms in total. The molecule has 0 unspecified atom stereocenters. The summed E-state index contributed by atoms with van der Waals surface area (Å²) in [7, 11) is 0. The van der Waals surface area contributed by atoms with Crippen LogP contribution >= 0.6 is 15.9 Å². The third-order valence-electron chi connectivity index (χ3n) is 2.32. The normalized spacial score (nSPS) is 11.7. The third kappa shape index (κ3) is 2.52. The number of hydrogen-bond donors (Lipinski definition) is 2. The van der Waals surface area contributed by atoms with Crippen molar-refractivity contribution in [1.82, 2.24) is 4.98 Å².